The molecule has 132 valence electrons. The first-order chi connectivity index (χ1) is 11.5. The van der Waals surface area contributed by atoms with Crippen LogP contribution < -0.4 is 5.73 Å². The van der Waals surface area contributed by atoms with Gasteiger partial charge in [-0.1, -0.05) is 0 Å². The predicted molar refractivity (Wildman–Crippen MR) is 88.6 cm³/mol. The number of nitrogens with zero attached hydrogens (tertiary/aromatic N) is 3. The van der Waals surface area contributed by atoms with Gasteiger partial charge < -0.3 is 15.4 Å². The molecule has 2 fully saturated rings. The molecule has 1 aromatic heterocycles. The maximum atomic E-state index is 13.2. The minimum atomic E-state index is -0.639. The van der Waals surface area contributed by atoms with Gasteiger partial charge in [0.2, 0.25) is 5.91 Å². The maximum absolute atomic E-state index is 13.2. The Morgan fingerprint density at radius 1 is 1.46 bits per heavy atom. The SMILES string of the molecule is CCn1nc(C2CC2)cc1C(=O)N1CCC[C@@]1(COC)CC(N)=O. The second kappa shape index (κ2) is 6.55. The van der Waals surface area contributed by atoms with Gasteiger partial charge in [-0.05, 0) is 38.7 Å². The third-order valence-electron chi connectivity index (χ3n) is 5.07. The summed E-state index contributed by atoms with van der Waals surface area (Å²) in [5, 5.41) is 4.58. The Balaban J connectivity index is 1.91. The molecule has 2 aliphatic rings. The number of carbonyl (C=O) groups is 2. The minimum Gasteiger partial charge on any atom is -0.382 e. The highest BCUT2D eigenvalue weighted by atomic mass is 16.5. The van der Waals surface area contributed by atoms with Crippen molar-refractivity contribution in [3.63, 3.8) is 0 Å². The van der Waals surface area contributed by atoms with Gasteiger partial charge in [-0.25, -0.2) is 0 Å². The number of aryl methyl sites for hydroxylation is 1. The average Bonchev–Trinajstić information content (AvgIpc) is 3.17. The Bertz CT molecular complexity index is 638. The molecule has 0 aromatic carbocycles. The number of aromatic nitrogens is 2. The molecule has 1 aliphatic heterocycles. The van der Waals surface area contributed by atoms with Crippen molar-refractivity contribution in [1.82, 2.24) is 14.7 Å². The van der Waals surface area contributed by atoms with E-state index in [1.54, 1.807) is 16.7 Å². The second-order valence-corrected chi connectivity index (χ2v) is 6.91. The lowest BCUT2D eigenvalue weighted by molar-refractivity contribution is -0.121. The number of amides is 2. The molecule has 1 atom stereocenters. The van der Waals surface area contributed by atoms with Gasteiger partial charge in [-0.15, -0.1) is 0 Å². The smallest absolute Gasteiger partial charge is 0.272 e. The molecule has 0 radical (unpaired) electrons. The number of rotatable bonds is 7. The first-order valence-electron chi connectivity index (χ1n) is 8.67. The molecule has 1 aromatic rings. The molecule has 3 rings (SSSR count). The fourth-order valence-corrected chi connectivity index (χ4v) is 3.80. The molecule has 2 N–H and O–H groups in total. The van der Waals surface area contributed by atoms with E-state index in [4.69, 9.17) is 10.5 Å². The number of methoxy groups -OCH3 is 1. The zero-order chi connectivity index (χ0) is 17.3. The minimum absolute atomic E-state index is 0.0768. The highest BCUT2D eigenvalue weighted by Gasteiger charge is 2.46. The summed E-state index contributed by atoms with van der Waals surface area (Å²) in [6.07, 6.45) is 3.99. The molecule has 7 nitrogen and oxygen atoms in total. The first kappa shape index (κ1) is 17.0. The van der Waals surface area contributed by atoms with Crippen LogP contribution in [-0.4, -0.2) is 52.3 Å². The number of likely N-dealkylation sites (tertiary alicyclic amines) is 1. The lowest BCUT2D eigenvalue weighted by atomic mass is 9.92. The van der Waals surface area contributed by atoms with Crippen LogP contribution in [0.15, 0.2) is 6.07 Å². The number of nitrogens with two attached hydrogens (primary N) is 1. The van der Waals surface area contributed by atoms with E-state index in [-0.39, 0.29) is 12.3 Å². The summed E-state index contributed by atoms with van der Waals surface area (Å²) >= 11 is 0. The summed E-state index contributed by atoms with van der Waals surface area (Å²) < 4.78 is 7.11. The number of carbonyl (C=O) groups excluding carboxylic acids is 2. The summed E-state index contributed by atoms with van der Waals surface area (Å²) in [4.78, 5) is 26.6. The molecular weight excluding hydrogens is 308 g/mol. The zero-order valence-electron chi connectivity index (χ0n) is 14.5. The average molecular weight is 334 g/mol. The molecular formula is C17H26N4O3. The van der Waals surface area contributed by atoms with Crippen LogP contribution in [-0.2, 0) is 16.1 Å². The van der Waals surface area contributed by atoms with Crippen molar-refractivity contribution >= 4 is 11.8 Å². The van der Waals surface area contributed by atoms with Crippen molar-refractivity contribution in [2.75, 3.05) is 20.3 Å². The van der Waals surface area contributed by atoms with Gasteiger partial charge >= 0.3 is 0 Å². The Labute approximate surface area is 142 Å². The summed E-state index contributed by atoms with van der Waals surface area (Å²) in [7, 11) is 1.59. The second-order valence-electron chi connectivity index (χ2n) is 6.91. The first-order valence-corrected chi connectivity index (χ1v) is 8.67. The number of hydrogen-bond donors (Lipinski definition) is 1. The molecule has 1 aliphatic carbocycles. The maximum Gasteiger partial charge on any atom is 0.272 e. The summed E-state index contributed by atoms with van der Waals surface area (Å²) in [5.41, 5.74) is 6.42. The fourth-order valence-electron chi connectivity index (χ4n) is 3.80. The Hall–Kier alpha value is -1.89. The van der Waals surface area contributed by atoms with Crippen LogP contribution in [0, 0.1) is 0 Å². The Kier molecular flexibility index (Phi) is 4.62. The van der Waals surface area contributed by atoms with Gasteiger partial charge in [0.05, 0.1) is 24.3 Å². The zero-order valence-corrected chi connectivity index (χ0v) is 14.5. The van der Waals surface area contributed by atoms with Crippen LogP contribution >= 0.6 is 0 Å². The topological polar surface area (TPSA) is 90.4 Å². The van der Waals surface area contributed by atoms with E-state index in [1.807, 2.05) is 13.0 Å². The van der Waals surface area contributed by atoms with E-state index in [9.17, 15) is 9.59 Å². The van der Waals surface area contributed by atoms with Crippen molar-refractivity contribution in [2.45, 2.75) is 57.0 Å². The van der Waals surface area contributed by atoms with E-state index in [0.717, 1.165) is 31.4 Å². The van der Waals surface area contributed by atoms with Crippen LogP contribution in [0.3, 0.4) is 0 Å². The monoisotopic (exact) mass is 334 g/mol. The standard InChI is InChI=1S/C17H26N4O3/c1-3-21-14(9-13(19-21)12-5-6-12)16(23)20-8-4-7-17(20,11-24-2)10-15(18)22/h9,12H,3-8,10-11H2,1-2H3,(H2,18,22)/t17-/m0/s1. The lowest BCUT2D eigenvalue weighted by Crippen LogP contribution is -2.52. The van der Waals surface area contributed by atoms with Crippen LogP contribution in [0.1, 0.15) is 61.1 Å². The molecule has 0 unspecified atom stereocenters. The highest BCUT2D eigenvalue weighted by molar-refractivity contribution is 5.94. The molecule has 1 saturated heterocycles. The summed E-state index contributed by atoms with van der Waals surface area (Å²) in [6.45, 7) is 3.56. The molecule has 7 heteroatoms. The molecule has 24 heavy (non-hydrogen) atoms. The van der Waals surface area contributed by atoms with Gasteiger partial charge in [0.25, 0.3) is 5.91 Å². The van der Waals surface area contributed by atoms with Crippen molar-refractivity contribution in [1.29, 1.82) is 0 Å². The fraction of sp³-hybridized carbons (Fsp3) is 0.706. The van der Waals surface area contributed by atoms with Gasteiger partial charge in [0, 0.05) is 26.1 Å². The third kappa shape index (κ3) is 3.05. The van der Waals surface area contributed by atoms with Gasteiger partial charge in [0.1, 0.15) is 5.69 Å². The molecule has 2 amide bonds. The summed E-state index contributed by atoms with van der Waals surface area (Å²) in [5.74, 6) is 0.0127. The van der Waals surface area contributed by atoms with Crippen molar-refractivity contribution in [3.05, 3.63) is 17.5 Å². The van der Waals surface area contributed by atoms with E-state index < -0.39 is 11.4 Å². The van der Waals surface area contributed by atoms with Crippen LogP contribution in [0.5, 0.6) is 0 Å². The van der Waals surface area contributed by atoms with Crippen molar-refractivity contribution < 1.29 is 14.3 Å². The van der Waals surface area contributed by atoms with Gasteiger partial charge in [-0.2, -0.15) is 5.10 Å². The van der Waals surface area contributed by atoms with Crippen LogP contribution in [0.25, 0.3) is 0 Å². The lowest BCUT2D eigenvalue weighted by Gasteiger charge is -2.37. The largest absolute Gasteiger partial charge is 0.382 e. The molecule has 0 bridgehead atoms. The Morgan fingerprint density at radius 2 is 2.21 bits per heavy atom. The summed E-state index contributed by atoms with van der Waals surface area (Å²) in [6, 6.07) is 1.92. The predicted octanol–water partition coefficient (Wildman–Crippen LogP) is 1.28. The third-order valence-corrected chi connectivity index (χ3v) is 5.07. The van der Waals surface area contributed by atoms with E-state index in [1.165, 1.54) is 0 Å². The number of primary amides is 1. The molecule has 2 heterocycles. The van der Waals surface area contributed by atoms with Crippen molar-refractivity contribution in [2.24, 2.45) is 5.73 Å². The van der Waals surface area contributed by atoms with Crippen LogP contribution in [0.4, 0.5) is 0 Å². The van der Waals surface area contributed by atoms with Crippen molar-refractivity contribution in [3.8, 4) is 0 Å². The molecule has 1 saturated carbocycles. The molecule has 0 spiro atoms. The Morgan fingerprint density at radius 3 is 2.79 bits per heavy atom. The highest BCUT2D eigenvalue weighted by Crippen LogP contribution is 2.40. The quantitative estimate of drug-likeness (QED) is 0.813. The normalized spacial score (nSPS) is 23.7. The van der Waals surface area contributed by atoms with Crippen LogP contribution in [0.2, 0.25) is 0 Å². The van der Waals surface area contributed by atoms with E-state index in [0.29, 0.717) is 31.3 Å². The van der Waals surface area contributed by atoms with E-state index in [2.05, 4.69) is 5.10 Å². The van der Waals surface area contributed by atoms with E-state index >= 15 is 0 Å². The number of hydrogen-bond acceptors (Lipinski definition) is 4. The van der Waals surface area contributed by atoms with Gasteiger partial charge in [0.15, 0.2) is 0 Å². The van der Waals surface area contributed by atoms with Gasteiger partial charge in [-0.3, -0.25) is 14.3 Å². The number of ether oxygens (including phenoxy) is 1.